The molecule has 0 heterocycles. The molecule has 1 aromatic rings. The van der Waals surface area contributed by atoms with Gasteiger partial charge in [0.05, 0.1) is 0 Å². The fraction of sp³-hybridized carbons (Fsp3) is 0.385. The van der Waals surface area contributed by atoms with Gasteiger partial charge in [-0.1, -0.05) is 0 Å². The summed E-state index contributed by atoms with van der Waals surface area (Å²) >= 11 is 0. The van der Waals surface area contributed by atoms with Crippen molar-refractivity contribution in [3.8, 4) is 0 Å². The van der Waals surface area contributed by atoms with Crippen molar-refractivity contribution in [3.63, 3.8) is 0 Å². The van der Waals surface area contributed by atoms with E-state index >= 15 is 0 Å². The number of nitrogens with one attached hydrogen (secondary N) is 1. The highest BCUT2D eigenvalue weighted by atomic mass is 16.2. The summed E-state index contributed by atoms with van der Waals surface area (Å²) < 4.78 is 0. The summed E-state index contributed by atoms with van der Waals surface area (Å²) in [7, 11) is 3.38. The van der Waals surface area contributed by atoms with Crippen LogP contribution in [0.3, 0.4) is 0 Å². The summed E-state index contributed by atoms with van der Waals surface area (Å²) in [6.07, 6.45) is 0.753. The molecule has 0 bridgehead atoms. The van der Waals surface area contributed by atoms with Crippen molar-refractivity contribution >= 4 is 11.8 Å². The van der Waals surface area contributed by atoms with E-state index in [1.54, 1.807) is 38.4 Å². The predicted molar refractivity (Wildman–Crippen MR) is 70.5 cm³/mol. The summed E-state index contributed by atoms with van der Waals surface area (Å²) in [5, 5.41) is 2.76. The van der Waals surface area contributed by atoms with E-state index in [9.17, 15) is 9.59 Å². The van der Waals surface area contributed by atoms with Gasteiger partial charge in [-0.3, -0.25) is 9.59 Å². The smallest absolute Gasteiger partial charge is 0.253 e. The zero-order chi connectivity index (χ0) is 13.5. The Morgan fingerprint density at radius 1 is 1.17 bits per heavy atom. The molecule has 0 saturated heterocycles. The van der Waals surface area contributed by atoms with Crippen LogP contribution in [0.2, 0.25) is 0 Å². The van der Waals surface area contributed by atoms with Gasteiger partial charge in [-0.05, 0) is 37.2 Å². The molecule has 0 radical (unpaired) electrons. The Hall–Kier alpha value is -1.88. The van der Waals surface area contributed by atoms with Crippen molar-refractivity contribution in [1.29, 1.82) is 0 Å². The first-order chi connectivity index (χ1) is 8.56. The number of amides is 2. The van der Waals surface area contributed by atoms with Crippen molar-refractivity contribution in [2.45, 2.75) is 6.42 Å². The molecule has 0 atom stereocenters. The summed E-state index contributed by atoms with van der Waals surface area (Å²) in [6, 6.07) is 6.60. The minimum absolute atomic E-state index is 0.0786. The molecule has 0 aromatic heterocycles. The number of nitrogens with zero attached hydrogens (tertiary/aromatic N) is 1. The fourth-order valence-corrected chi connectivity index (χ4v) is 1.43. The van der Waals surface area contributed by atoms with Crippen molar-refractivity contribution in [3.05, 3.63) is 35.4 Å². The van der Waals surface area contributed by atoms with Gasteiger partial charge in [0.2, 0.25) is 0 Å². The van der Waals surface area contributed by atoms with Gasteiger partial charge in [0, 0.05) is 31.8 Å². The number of benzene rings is 1. The molecule has 18 heavy (non-hydrogen) atoms. The molecule has 1 aromatic carbocycles. The summed E-state index contributed by atoms with van der Waals surface area (Å²) in [5.74, 6) is -0.225. The standard InChI is InChI=1S/C13H19N3O2/c1-16(2)13(18)11-6-4-10(5-7-11)12(17)15-9-3-8-14/h4-7H,3,8-9,14H2,1-2H3,(H,15,17). The van der Waals surface area contributed by atoms with Gasteiger partial charge in [-0.25, -0.2) is 0 Å². The second kappa shape index (κ2) is 6.76. The average Bonchev–Trinajstić information content (AvgIpc) is 2.38. The Morgan fingerprint density at radius 3 is 2.22 bits per heavy atom. The van der Waals surface area contributed by atoms with Crippen LogP contribution < -0.4 is 11.1 Å². The molecule has 2 amide bonds. The minimum atomic E-state index is -0.146. The second-order valence-electron chi connectivity index (χ2n) is 4.18. The van der Waals surface area contributed by atoms with Gasteiger partial charge in [-0.15, -0.1) is 0 Å². The van der Waals surface area contributed by atoms with Crippen molar-refractivity contribution < 1.29 is 9.59 Å². The number of rotatable bonds is 5. The van der Waals surface area contributed by atoms with Gasteiger partial charge in [0.25, 0.3) is 11.8 Å². The van der Waals surface area contributed by atoms with E-state index in [0.717, 1.165) is 6.42 Å². The molecule has 0 aliphatic heterocycles. The third kappa shape index (κ3) is 3.85. The number of nitrogens with two attached hydrogens (primary N) is 1. The summed E-state index contributed by atoms with van der Waals surface area (Å²) in [6.45, 7) is 1.12. The Morgan fingerprint density at radius 2 is 1.72 bits per heavy atom. The third-order valence-corrected chi connectivity index (χ3v) is 2.47. The highest BCUT2D eigenvalue weighted by Gasteiger charge is 2.09. The monoisotopic (exact) mass is 249 g/mol. The molecule has 0 unspecified atom stereocenters. The Labute approximate surface area is 107 Å². The first kappa shape index (κ1) is 14.2. The highest BCUT2D eigenvalue weighted by molar-refractivity contribution is 5.97. The van der Waals surface area contributed by atoms with E-state index in [1.165, 1.54) is 4.90 Å². The van der Waals surface area contributed by atoms with E-state index in [0.29, 0.717) is 24.2 Å². The average molecular weight is 249 g/mol. The normalized spacial score (nSPS) is 9.94. The first-order valence-corrected chi connectivity index (χ1v) is 5.86. The van der Waals surface area contributed by atoms with Crippen LogP contribution in [0.25, 0.3) is 0 Å². The minimum Gasteiger partial charge on any atom is -0.352 e. The van der Waals surface area contributed by atoms with E-state index in [2.05, 4.69) is 5.32 Å². The van der Waals surface area contributed by atoms with Gasteiger partial charge in [0.15, 0.2) is 0 Å². The van der Waals surface area contributed by atoms with Crippen molar-refractivity contribution in [2.75, 3.05) is 27.2 Å². The van der Waals surface area contributed by atoms with E-state index in [-0.39, 0.29) is 11.8 Å². The molecule has 5 heteroatoms. The van der Waals surface area contributed by atoms with Crippen LogP contribution in [-0.2, 0) is 0 Å². The lowest BCUT2D eigenvalue weighted by atomic mass is 10.1. The van der Waals surface area contributed by atoms with Crippen LogP contribution in [0.1, 0.15) is 27.1 Å². The quantitative estimate of drug-likeness (QED) is 0.745. The third-order valence-electron chi connectivity index (χ3n) is 2.47. The molecule has 0 spiro atoms. The van der Waals surface area contributed by atoms with Gasteiger partial charge >= 0.3 is 0 Å². The number of hydrogen-bond acceptors (Lipinski definition) is 3. The predicted octanol–water partition coefficient (Wildman–Crippen LogP) is 0.467. The summed E-state index contributed by atoms with van der Waals surface area (Å²) in [4.78, 5) is 24.8. The molecular formula is C13H19N3O2. The number of carbonyl (C=O) groups excluding carboxylic acids is 2. The largest absolute Gasteiger partial charge is 0.352 e. The first-order valence-electron chi connectivity index (χ1n) is 5.86. The lowest BCUT2D eigenvalue weighted by Crippen LogP contribution is -2.26. The maximum Gasteiger partial charge on any atom is 0.253 e. The second-order valence-corrected chi connectivity index (χ2v) is 4.18. The number of hydrogen-bond donors (Lipinski definition) is 2. The van der Waals surface area contributed by atoms with Gasteiger partial charge in [-0.2, -0.15) is 0 Å². The van der Waals surface area contributed by atoms with Crippen LogP contribution in [0.4, 0.5) is 0 Å². The van der Waals surface area contributed by atoms with Crippen LogP contribution in [-0.4, -0.2) is 43.9 Å². The molecule has 1 rings (SSSR count). The van der Waals surface area contributed by atoms with Crippen molar-refractivity contribution in [2.24, 2.45) is 5.73 Å². The van der Waals surface area contributed by atoms with Crippen LogP contribution in [0.5, 0.6) is 0 Å². The Kier molecular flexibility index (Phi) is 5.32. The van der Waals surface area contributed by atoms with Gasteiger partial charge < -0.3 is 16.0 Å². The molecular weight excluding hydrogens is 230 g/mol. The molecule has 5 nitrogen and oxygen atoms in total. The van der Waals surface area contributed by atoms with E-state index < -0.39 is 0 Å². The topological polar surface area (TPSA) is 75.4 Å². The summed E-state index contributed by atoms with van der Waals surface area (Å²) in [5.41, 5.74) is 6.45. The zero-order valence-corrected chi connectivity index (χ0v) is 10.8. The van der Waals surface area contributed by atoms with Crippen LogP contribution in [0.15, 0.2) is 24.3 Å². The molecule has 0 fully saturated rings. The Balaban J connectivity index is 2.65. The lowest BCUT2D eigenvalue weighted by Gasteiger charge is -2.10. The number of carbonyl (C=O) groups is 2. The van der Waals surface area contributed by atoms with Crippen LogP contribution in [0, 0.1) is 0 Å². The fourth-order valence-electron chi connectivity index (χ4n) is 1.43. The highest BCUT2D eigenvalue weighted by Crippen LogP contribution is 2.06. The lowest BCUT2D eigenvalue weighted by molar-refractivity contribution is 0.0826. The Bertz CT molecular complexity index is 413. The molecule has 3 N–H and O–H groups in total. The zero-order valence-electron chi connectivity index (χ0n) is 10.8. The SMILES string of the molecule is CN(C)C(=O)c1ccc(C(=O)NCCCN)cc1. The maximum absolute atomic E-state index is 11.7. The maximum atomic E-state index is 11.7. The van der Waals surface area contributed by atoms with Crippen LogP contribution >= 0.6 is 0 Å². The van der Waals surface area contributed by atoms with Crippen molar-refractivity contribution in [1.82, 2.24) is 10.2 Å². The molecule has 0 aliphatic rings. The van der Waals surface area contributed by atoms with E-state index in [4.69, 9.17) is 5.73 Å². The molecule has 0 saturated carbocycles. The van der Waals surface area contributed by atoms with E-state index in [1.807, 2.05) is 0 Å². The van der Waals surface area contributed by atoms with Gasteiger partial charge in [0.1, 0.15) is 0 Å². The molecule has 0 aliphatic carbocycles. The molecule has 98 valence electrons.